The topological polar surface area (TPSA) is 27.7 Å². The highest BCUT2D eigenvalue weighted by atomic mass is 16.5. The highest BCUT2D eigenvalue weighted by Crippen LogP contribution is 2.67. The number of methoxy groups -OCH3 is 3. The largest absolute Gasteiger partial charge is 0.496 e. The van der Waals surface area contributed by atoms with Crippen LogP contribution in [0.4, 0.5) is 0 Å². The summed E-state index contributed by atoms with van der Waals surface area (Å²) >= 11 is 0. The molecular formula is C48H36O3. The lowest BCUT2D eigenvalue weighted by Gasteiger charge is -2.26. The lowest BCUT2D eigenvalue weighted by molar-refractivity contribution is 0.409. The molecule has 0 bridgehead atoms. The van der Waals surface area contributed by atoms with E-state index < -0.39 is 0 Å². The first-order valence-corrected chi connectivity index (χ1v) is 17.6. The maximum absolute atomic E-state index is 6.13. The fraction of sp³-hybridized carbons (Fsp3) is 0.125. The van der Waals surface area contributed by atoms with Crippen molar-refractivity contribution in [3.05, 3.63) is 196 Å². The third-order valence-electron chi connectivity index (χ3n) is 11.5. The zero-order chi connectivity index (χ0) is 34.2. The van der Waals surface area contributed by atoms with Crippen molar-refractivity contribution >= 4 is 0 Å². The second-order valence-electron chi connectivity index (χ2n) is 13.7. The Hall–Kier alpha value is -6.06. The van der Waals surface area contributed by atoms with Crippen molar-refractivity contribution in [2.24, 2.45) is 0 Å². The van der Waals surface area contributed by atoms with Crippen molar-refractivity contribution in [3.63, 3.8) is 0 Å². The molecule has 0 saturated carbocycles. The number of rotatable bonds is 6. The number of para-hydroxylation sites is 3. The van der Waals surface area contributed by atoms with Crippen molar-refractivity contribution in [2.75, 3.05) is 21.3 Å². The van der Waals surface area contributed by atoms with Crippen LogP contribution in [0.3, 0.4) is 0 Å². The van der Waals surface area contributed by atoms with E-state index in [0.717, 1.165) is 17.2 Å². The molecule has 0 aromatic heterocycles. The predicted octanol–water partition coefficient (Wildman–Crippen LogP) is 11.2. The van der Waals surface area contributed by atoms with Crippen LogP contribution in [0.25, 0.3) is 33.4 Å². The quantitative estimate of drug-likeness (QED) is 0.178. The Morgan fingerprint density at radius 1 is 0.294 bits per heavy atom. The molecule has 3 heteroatoms. The van der Waals surface area contributed by atoms with Crippen LogP contribution in [0.15, 0.2) is 146 Å². The summed E-state index contributed by atoms with van der Waals surface area (Å²) in [4.78, 5) is 0. The first kappa shape index (κ1) is 29.8. The molecule has 0 radical (unpaired) electrons. The number of fused-ring (bicyclic) bond motifs is 12. The van der Waals surface area contributed by atoms with Gasteiger partial charge in [0.15, 0.2) is 0 Å². The molecule has 3 aliphatic carbocycles. The standard InChI is InChI=1S/C48H36O3/c1-49-37-25-13-10-22-34(37)40-28-16-4-7-19-31(28)43-46(40)44-32-20-8-5-17-29(32)41(35-23-11-14-26-38(35)50-2)48(44)45-33-21-9-6-18-30(33)42(47(43)45)36-24-12-15-27-39(36)51-3/h4-27,40-42H,1-3H3/t40-,41-,42-/m0/s1. The van der Waals surface area contributed by atoms with Crippen LogP contribution in [0, 0.1) is 0 Å². The third kappa shape index (κ3) is 4.06. The van der Waals surface area contributed by atoms with Crippen LogP contribution in [0.1, 0.15) is 67.8 Å². The van der Waals surface area contributed by atoms with E-state index in [9.17, 15) is 0 Å². The lowest BCUT2D eigenvalue weighted by atomic mass is 9.77. The molecule has 0 unspecified atom stereocenters. The Bertz CT molecular complexity index is 2230. The van der Waals surface area contributed by atoms with Gasteiger partial charge in [0.1, 0.15) is 17.2 Å². The number of benzene rings is 7. The fourth-order valence-corrected chi connectivity index (χ4v) is 9.63. The van der Waals surface area contributed by atoms with E-state index in [1.807, 2.05) is 0 Å². The molecule has 0 N–H and O–H groups in total. The zero-order valence-corrected chi connectivity index (χ0v) is 28.8. The average molecular weight is 661 g/mol. The van der Waals surface area contributed by atoms with Crippen LogP contribution < -0.4 is 14.2 Å². The number of hydrogen-bond donors (Lipinski definition) is 0. The molecule has 246 valence electrons. The minimum absolute atomic E-state index is 0.0297. The van der Waals surface area contributed by atoms with Crippen LogP contribution in [0.5, 0.6) is 17.2 Å². The molecule has 3 nitrogen and oxygen atoms in total. The van der Waals surface area contributed by atoms with Crippen molar-refractivity contribution in [1.82, 2.24) is 0 Å². The Labute approximate surface area is 298 Å². The Balaban J connectivity index is 1.44. The van der Waals surface area contributed by atoms with Gasteiger partial charge in [-0.05, 0) is 85.0 Å². The summed E-state index contributed by atoms with van der Waals surface area (Å²) in [6.07, 6.45) is 0. The third-order valence-corrected chi connectivity index (χ3v) is 11.5. The smallest absolute Gasteiger partial charge is 0.123 e. The van der Waals surface area contributed by atoms with Crippen LogP contribution in [-0.4, -0.2) is 21.3 Å². The van der Waals surface area contributed by atoms with Crippen LogP contribution in [-0.2, 0) is 0 Å². The van der Waals surface area contributed by atoms with Crippen LogP contribution in [0.2, 0.25) is 0 Å². The summed E-state index contributed by atoms with van der Waals surface area (Å²) in [5.74, 6) is 2.61. The zero-order valence-electron chi connectivity index (χ0n) is 28.8. The maximum Gasteiger partial charge on any atom is 0.123 e. The Morgan fingerprint density at radius 3 is 0.804 bits per heavy atom. The second-order valence-corrected chi connectivity index (χ2v) is 13.7. The van der Waals surface area contributed by atoms with Gasteiger partial charge in [-0.25, -0.2) is 0 Å². The molecule has 51 heavy (non-hydrogen) atoms. The molecule has 0 spiro atoms. The van der Waals surface area contributed by atoms with E-state index in [-0.39, 0.29) is 17.8 Å². The molecule has 0 heterocycles. The second kappa shape index (κ2) is 11.5. The summed E-state index contributed by atoms with van der Waals surface area (Å²) < 4.78 is 18.4. The highest BCUT2D eigenvalue weighted by molar-refractivity contribution is 6.04. The maximum atomic E-state index is 6.13. The van der Waals surface area contributed by atoms with E-state index in [2.05, 4.69) is 146 Å². The van der Waals surface area contributed by atoms with E-state index in [1.165, 1.54) is 83.5 Å². The van der Waals surface area contributed by atoms with Gasteiger partial charge in [0.05, 0.1) is 21.3 Å². The van der Waals surface area contributed by atoms with Gasteiger partial charge in [-0.15, -0.1) is 0 Å². The van der Waals surface area contributed by atoms with Gasteiger partial charge in [-0.2, -0.15) is 0 Å². The van der Waals surface area contributed by atoms with Crippen molar-refractivity contribution in [3.8, 4) is 50.6 Å². The van der Waals surface area contributed by atoms with Gasteiger partial charge in [-0.3, -0.25) is 0 Å². The van der Waals surface area contributed by atoms with E-state index >= 15 is 0 Å². The Kier molecular flexibility index (Phi) is 6.72. The minimum Gasteiger partial charge on any atom is -0.496 e. The highest BCUT2D eigenvalue weighted by Gasteiger charge is 2.48. The van der Waals surface area contributed by atoms with E-state index in [1.54, 1.807) is 21.3 Å². The monoisotopic (exact) mass is 660 g/mol. The van der Waals surface area contributed by atoms with E-state index in [0.29, 0.717) is 0 Å². The predicted molar refractivity (Wildman–Crippen MR) is 205 cm³/mol. The molecule has 10 rings (SSSR count). The minimum atomic E-state index is -0.0297. The summed E-state index contributed by atoms with van der Waals surface area (Å²) in [5, 5.41) is 0. The van der Waals surface area contributed by atoms with Crippen molar-refractivity contribution < 1.29 is 14.2 Å². The molecule has 3 aliphatic rings. The van der Waals surface area contributed by atoms with Crippen LogP contribution >= 0.6 is 0 Å². The molecule has 7 aromatic carbocycles. The van der Waals surface area contributed by atoms with E-state index in [4.69, 9.17) is 14.2 Å². The first-order chi connectivity index (χ1) is 25.2. The van der Waals surface area contributed by atoms with Gasteiger partial charge in [-0.1, -0.05) is 127 Å². The summed E-state index contributed by atoms with van der Waals surface area (Å²) in [6.45, 7) is 0. The first-order valence-electron chi connectivity index (χ1n) is 17.6. The van der Waals surface area contributed by atoms with Gasteiger partial charge >= 0.3 is 0 Å². The molecule has 0 aliphatic heterocycles. The lowest BCUT2D eigenvalue weighted by Crippen LogP contribution is -2.09. The molecule has 0 amide bonds. The average Bonchev–Trinajstić information content (AvgIpc) is 3.83. The van der Waals surface area contributed by atoms with Crippen molar-refractivity contribution in [1.29, 1.82) is 0 Å². The molecular weight excluding hydrogens is 625 g/mol. The summed E-state index contributed by atoms with van der Waals surface area (Å²) in [7, 11) is 5.36. The van der Waals surface area contributed by atoms with Gasteiger partial charge in [0, 0.05) is 34.4 Å². The van der Waals surface area contributed by atoms with Gasteiger partial charge in [0.2, 0.25) is 0 Å². The molecule has 3 atom stereocenters. The van der Waals surface area contributed by atoms with Gasteiger partial charge in [0.25, 0.3) is 0 Å². The normalized spacial score (nSPS) is 17.1. The number of hydrogen-bond acceptors (Lipinski definition) is 3. The summed E-state index contributed by atoms with van der Waals surface area (Å²) in [6, 6.07) is 52.8. The molecule has 0 fully saturated rings. The fourth-order valence-electron chi connectivity index (χ4n) is 9.63. The Morgan fingerprint density at radius 2 is 0.529 bits per heavy atom. The van der Waals surface area contributed by atoms with Crippen molar-refractivity contribution in [2.45, 2.75) is 17.8 Å². The molecule has 7 aromatic rings. The summed E-state index contributed by atoms with van der Waals surface area (Å²) in [5.41, 5.74) is 19.4. The van der Waals surface area contributed by atoms with Gasteiger partial charge < -0.3 is 14.2 Å². The SMILES string of the molecule is COc1ccccc1[C@@H]1c2ccccc2-c2c1c1c(c3c2[C@H](c2ccccc2OC)c2ccccc2-3)[C@H](c2ccccc2OC)c2ccccc2-1. The molecule has 0 saturated heterocycles. The number of ether oxygens (including phenoxy) is 3.